The number of amides is 1. The van der Waals surface area contributed by atoms with Crippen LogP contribution in [0.3, 0.4) is 0 Å². The molecule has 2 aromatic rings. The lowest BCUT2D eigenvalue weighted by molar-refractivity contribution is 0.0634. The maximum Gasteiger partial charge on any atom is 0.285 e. The van der Waals surface area contributed by atoms with Crippen LogP contribution in [-0.4, -0.2) is 40.2 Å². The number of hydrogen-bond donors (Lipinski definition) is 0. The average molecular weight is 359 g/mol. The number of carbonyl (C=O) groups is 1. The fourth-order valence-corrected chi connectivity index (χ4v) is 4.35. The van der Waals surface area contributed by atoms with Crippen molar-refractivity contribution in [1.29, 1.82) is 0 Å². The Kier molecular flexibility index (Phi) is 4.82. The Morgan fingerprint density at radius 3 is 2.76 bits per heavy atom. The van der Waals surface area contributed by atoms with Crippen LogP contribution >= 0.6 is 11.3 Å². The number of rotatable bonds is 4. The van der Waals surface area contributed by atoms with Gasteiger partial charge in [0.1, 0.15) is 10.8 Å². The summed E-state index contributed by atoms with van der Waals surface area (Å²) >= 11 is 1.41. The SMILES string of the molecule is COc1cccc(C2CCN(C(=O)c3nnc(C(C)C)s3)C2(C)C)c1. The van der Waals surface area contributed by atoms with Crippen LogP contribution in [0.2, 0.25) is 0 Å². The molecule has 0 bridgehead atoms. The van der Waals surface area contributed by atoms with Crippen molar-refractivity contribution < 1.29 is 9.53 Å². The minimum absolute atomic E-state index is 0.0141. The highest BCUT2D eigenvalue weighted by atomic mass is 32.1. The highest BCUT2D eigenvalue weighted by molar-refractivity contribution is 7.13. The molecule has 6 heteroatoms. The third kappa shape index (κ3) is 3.27. The number of ether oxygens (including phenoxy) is 1. The third-order valence-electron chi connectivity index (χ3n) is 5.05. The summed E-state index contributed by atoms with van der Waals surface area (Å²) in [6.45, 7) is 9.12. The average Bonchev–Trinajstić information content (AvgIpc) is 3.18. The van der Waals surface area contributed by atoms with Gasteiger partial charge >= 0.3 is 0 Å². The van der Waals surface area contributed by atoms with E-state index < -0.39 is 0 Å². The zero-order valence-corrected chi connectivity index (χ0v) is 16.3. The van der Waals surface area contributed by atoms with E-state index in [0.717, 1.165) is 23.7 Å². The number of likely N-dealkylation sites (tertiary alicyclic amines) is 1. The summed E-state index contributed by atoms with van der Waals surface area (Å²) < 4.78 is 5.35. The molecule has 3 rings (SSSR count). The number of nitrogens with zero attached hydrogens (tertiary/aromatic N) is 3. The summed E-state index contributed by atoms with van der Waals surface area (Å²) in [4.78, 5) is 15.0. The van der Waals surface area contributed by atoms with Gasteiger partial charge in [-0.2, -0.15) is 0 Å². The largest absolute Gasteiger partial charge is 0.497 e. The van der Waals surface area contributed by atoms with Gasteiger partial charge in [0.15, 0.2) is 0 Å². The first-order chi connectivity index (χ1) is 11.8. The molecule has 1 aliphatic heterocycles. The fraction of sp³-hybridized carbons (Fsp3) is 0.526. The van der Waals surface area contributed by atoms with E-state index in [0.29, 0.717) is 5.01 Å². The molecule has 1 saturated heterocycles. The number of methoxy groups -OCH3 is 1. The van der Waals surface area contributed by atoms with E-state index >= 15 is 0 Å². The highest BCUT2D eigenvalue weighted by Crippen LogP contribution is 2.43. The molecule has 0 aliphatic carbocycles. The van der Waals surface area contributed by atoms with Gasteiger partial charge in [-0.1, -0.05) is 37.3 Å². The Hall–Kier alpha value is -1.95. The van der Waals surface area contributed by atoms with Gasteiger partial charge in [0, 0.05) is 23.9 Å². The Balaban J connectivity index is 1.85. The number of benzene rings is 1. The van der Waals surface area contributed by atoms with E-state index in [1.807, 2.05) is 17.0 Å². The summed E-state index contributed by atoms with van der Waals surface area (Å²) in [6.07, 6.45) is 0.932. The highest BCUT2D eigenvalue weighted by Gasteiger charge is 2.45. The summed E-state index contributed by atoms with van der Waals surface area (Å²) in [5.41, 5.74) is 0.924. The predicted molar refractivity (Wildman–Crippen MR) is 99.5 cm³/mol. The first kappa shape index (κ1) is 17.9. The van der Waals surface area contributed by atoms with Gasteiger partial charge in [-0.15, -0.1) is 10.2 Å². The van der Waals surface area contributed by atoms with Crippen molar-refractivity contribution in [2.24, 2.45) is 0 Å². The molecule has 1 amide bonds. The van der Waals surface area contributed by atoms with Crippen LogP contribution < -0.4 is 4.74 Å². The molecule has 1 atom stereocenters. The molecular weight excluding hydrogens is 334 g/mol. The van der Waals surface area contributed by atoms with E-state index in [9.17, 15) is 4.79 Å². The van der Waals surface area contributed by atoms with Gasteiger partial charge in [0.2, 0.25) is 5.01 Å². The lowest BCUT2D eigenvalue weighted by atomic mass is 9.82. The maximum absolute atomic E-state index is 13.0. The molecule has 0 saturated carbocycles. The molecule has 134 valence electrons. The van der Waals surface area contributed by atoms with Gasteiger partial charge in [-0.25, -0.2) is 0 Å². The molecule has 5 nitrogen and oxygen atoms in total. The van der Waals surface area contributed by atoms with Crippen molar-refractivity contribution in [3.05, 3.63) is 39.8 Å². The van der Waals surface area contributed by atoms with Crippen molar-refractivity contribution >= 4 is 17.2 Å². The quantitative estimate of drug-likeness (QED) is 0.825. The monoisotopic (exact) mass is 359 g/mol. The standard InChI is InChI=1S/C19H25N3O2S/c1-12(2)16-20-21-17(25-16)18(23)22-10-9-15(19(22,3)4)13-7-6-8-14(11-13)24-5/h6-8,11-12,15H,9-10H2,1-5H3. The summed E-state index contributed by atoms with van der Waals surface area (Å²) in [6, 6.07) is 8.14. The third-order valence-corrected chi connectivity index (χ3v) is 6.26. The predicted octanol–water partition coefficient (Wildman–Crippen LogP) is 4.08. The molecule has 1 unspecified atom stereocenters. The van der Waals surface area contributed by atoms with Crippen molar-refractivity contribution in [3.63, 3.8) is 0 Å². The second-order valence-electron chi connectivity index (χ2n) is 7.33. The molecule has 1 fully saturated rings. The lowest BCUT2D eigenvalue weighted by Gasteiger charge is -2.35. The van der Waals surface area contributed by atoms with Crippen LogP contribution in [0.1, 0.15) is 66.3 Å². The van der Waals surface area contributed by atoms with E-state index in [4.69, 9.17) is 4.74 Å². The van der Waals surface area contributed by atoms with E-state index in [1.165, 1.54) is 16.9 Å². The van der Waals surface area contributed by atoms with Gasteiger partial charge in [0.25, 0.3) is 5.91 Å². The molecule has 0 radical (unpaired) electrons. The molecule has 2 heterocycles. The Morgan fingerprint density at radius 1 is 1.36 bits per heavy atom. The van der Waals surface area contributed by atoms with Crippen molar-refractivity contribution in [2.45, 2.75) is 51.5 Å². The zero-order chi connectivity index (χ0) is 18.2. The second-order valence-corrected chi connectivity index (χ2v) is 8.34. The Labute approximate surface area is 153 Å². The van der Waals surface area contributed by atoms with Gasteiger partial charge in [-0.3, -0.25) is 4.79 Å². The van der Waals surface area contributed by atoms with Crippen LogP contribution in [0.4, 0.5) is 0 Å². The van der Waals surface area contributed by atoms with Crippen LogP contribution in [0.25, 0.3) is 0 Å². The molecule has 0 N–H and O–H groups in total. The second kappa shape index (κ2) is 6.75. The lowest BCUT2D eigenvalue weighted by Crippen LogP contribution is -2.45. The minimum Gasteiger partial charge on any atom is -0.497 e. The number of hydrogen-bond acceptors (Lipinski definition) is 5. The molecule has 25 heavy (non-hydrogen) atoms. The summed E-state index contributed by atoms with van der Waals surface area (Å²) in [5.74, 6) is 1.39. The number of aromatic nitrogens is 2. The van der Waals surface area contributed by atoms with Crippen LogP contribution in [0, 0.1) is 0 Å². The van der Waals surface area contributed by atoms with E-state index in [-0.39, 0.29) is 23.3 Å². The van der Waals surface area contributed by atoms with E-state index in [1.54, 1.807) is 7.11 Å². The smallest absolute Gasteiger partial charge is 0.285 e. The van der Waals surface area contributed by atoms with Gasteiger partial charge < -0.3 is 9.64 Å². The summed E-state index contributed by atoms with van der Waals surface area (Å²) in [7, 11) is 1.68. The molecule has 1 aliphatic rings. The van der Waals surface area contributed by atoms with E-state index in [2.05, 4.69) is 50.0 Å². The molecule has 1 aromatic heterocycles. The van der Waals surface area contributed by atoms with Crippen molar-refractivity contribution in [3.8, 4) is 5.75 Å². The van der Waals surface area contributed by atoms with Crippen LogP contribution in [0.15, 0.2) is 24.3 Å². The normalized spacial score (nSPS) is 19.4. The van der Waals surface area contributed by atoms with Crippen molar-refractivity contribution in [2.75, 3.05) is 13.7 Å². The zero-order valence-electron chi connectivity index (χ0n) is 15.4. The molecule has 1 aromatic carbocycles. The Morgan fingerprint density at radius 2 is 2.12 bits per heavy atom. The molecule has 0 spiro atoms. The maximum atomic E-state index is 13.0. The molecular formula is C19H25N3O2S. The van der Waals surface area contributed by atoms with Crippen LogP contribution in [0.5, 0.6) is 5.75 Å². The Bertz CT molecular complexity index is 770. The topological polar surface area (TPSA) is 55.3 Å². The number of carbonyl (C=O) groups excluding carboxylic acids is 1. The fourth-order valence-electron chi connectivity index (χ4n) is 3.55. The summed E-state index contributed by atoms with van der Waals surface area (Å²) in [5, 5.41) is 9.69. The van der Waals surface area contributed by atoms with Gasteiger partial charge in [0.05, 0.1) is 7.11 Å². The van der Waals surface area contributed by atoms with Crippen molar-refractivity contribution in [1.82, 2.24) is 15.1 Å². The minimum atomic E-state index is -0.285. The van der Waals surface area contributed by atoms with Gasteiger partial charge in [-0.05, 0) is 38.0 Å². The first-order valence-electron chi connectivity index (χ1n) is 8.64. The first-order valence-corrected chi connectivity index (χ1v) is 9.45. The van der Waals surface area contributed by atoms with Crippen LogP contribution in [-0.2, 0) is 0 Å².